The number of hydrogen-bond donors (Lipinski definition) is 2. The quantitative estimate of drug-likeness (QED) is 0.0983. The predicted octanol–water partition coefficient (Wildman–Crippen LogP) is 9.82. The number of alkyl halides is 9. The lowest BCUT2D eigenvalue weighted by Gasteiger charge is -2.37. The van der Waals surface area contributed by atoms with Gasteiger partial charge in [0.2, 0.25) is 5.96 Å². The molecule has 350 valence electrons. The molecule has 1 fully saturated rings. The third-order valence-corrected chi connectivity index (χ3v) is 11.4. The summed E-state index contributed by atoms with van der Waals surface area (Å²) in [6.45, 7) is -5.93. The second-order valence-electron chi connectivity index (χ2n) is 16.0. The van der Waals surface area contributed by atoms with Crippen LogP contribution in [0.15, 0.2) is 96.5 Å². The van der Waals surface area contributed by atoms with E-state index in [1.165, 1.54) is 36.4 Å². The molecule has 0 bridgehead atoms. The number of carbonyl (C=O) groups is 3. The van der Waals surface area contributed by atoms with E-state index in [0.717, 1.165) is 38.6 Å². The number of nitrogens with one attached hydrogen (secondary N) is 2. The van der Waals surface area contributed by atoms with Crippen LogP contribution in [0.4, 0.5) is 49.1 Å². The lowest BCUT2D eigenvalue weighted by atomic mass is 9.74. The van der Waals surface area contributed by atoms with Gasteiger partial charge in [-0.15, -0.1) is 0 Å². The number of halogens is 10. The minimum absolute atomic E-state index is 0.101. The van der Waals surface area contributed by atoms with E-state index in [0.29, 0.717) is 15.1 Å². The van der Waals surface area contributed by atoms with Crippen molar-refractivity contribution in [1.82, 2.24) is 40.1 Å². The van der Waals surface area contributed by atoms with Crippen LogP contribution in [-0.4, -0.2) is 78.2 Å². The summed E-state index contributed by atoms with van der Waals surface area (Å²) in [5.74, 6) is -2.48. The third kappa shape index (κ3) is 9.65. The topological polar surface area (TPSA) is 158 Å². The van der Waals surface area contributed by atoms with Gasteiger partial charge < -0.3 is 14.8 Å². The lowest BCUT2D eigenvalue weighted by Crippen LogP contribution is -2.51. The van der Waals surface area contributed by atoms with Gasteiger partial charge in [0.15, 0.2) is 11.4 Å². The molecule has 0 spiro atoms. The average molecular weight is 954 g/mol. The standard InChI is InChI=1S/C42H37ClF9N9O5/c1-39(2,42(50,51)52)21-41(27-11-8-24(9-12-27)26-17-54-59(18-26)34(46)47)33(62)60(36(57-41)56-37(63)65-19-23-6-4-3-5-7-23)30(20-66-38(64)58-40(14-15-40)32(44)45)25-10-13-29(43)28(16-25)31-53-22-55-61(31)35(48)49/h3-13,16-18,22,30,32,34-35H,14-15,19-21H2,1-2H3,(H,58,64)(H,56,57,63)/t30-,41-/m1/s1. The molecule has 2 N–H and O–H groups in total. The Kier molecular flexibility index (Phi) is 13.1. The molecule has 2 aliphatic rings. The fourth-order valence-electron chi connectivity index (χ4n) is 7.24. The average Bonchev–Trinajstić information content (AvgIpc) is 3.55. The summed E-state index contributed by atoms with van der Waals surface area (Å²) < 4.78 is 139. The summed E-state index contributed by atoms with van der Waals surface area (Å²) in [7, 11) is 0. The number of guanidine groups is 1. The fraction of sp³-hybridized carbons (Fsp3) is 0.357. The Morgan fingerprint density at radius 1 is 0.879 bits per heavy atom. The molecule has 3 aromatic carbocycles. The summed E-state index contributed by atoms with van der Waals surface area (Å²) in [6, 6.07) is 15.2. The molecule has 0 saturated heterocycles. The number of alkyl carbamates (subject to hydrolysis) is 2. The number of nitrogens with zero attached hydrogens (tertiary/aromatic N) is 7. The molecule has 2 atom stereocenters. The summed E-state index contributed by atoms with van der Waals surface area (Å²) >= 11 is 6.47. The molecule has 7 rings (SSSR count). The molecular formula is C42H37ClF9N9O5. The Labute approximate surface area is 373 Å². The first-order chi connectivity index (χ1) is 31.1. The molecule has 3 heterocycles. The van der Waals surface area contributed by atoms with Crippen molar-refractivity contribution in [2.24, 2.45) is 10.4 Å². The van der Waals surface area contributed by atoms with Crippen LogP contribution >= 0.6 is 11.6 Å². The zero-order valence-corrected chi connectivity index (χ0v) is 35.2. The van der Waals surface area contributed by atoms with Crippen molar-refractivity contribution in [1.29, 1.82) is 0 Å². The normalized spacial score (nSPS) is 17.6. The highest BCUT2D eigenvalue weighted by atomic mass is 35.5. The largest absolute Gasteiger partial charge is 0.447 e. The van der Waals surface area contributed by atoms with Crippen LogP contribution in [0.2, 0.25) is 5.02 Å². The van der Waals surface area contributed by atoms with E-state index in [1.54, 1.807) is 30.3 Å². The molecule has 1 aliphatic heterocycles. The highest BCUT2D eigenvalue weighted by Crippen LogP contribution is 2.51. The van der Waals surface area contributed by atoms with E-state index in [1.807, 2.05) is 0 Å². The molecule has 14 nitrogen and oxygen atoms in total. The Bertz CT molecular complexity index is 2600. The minimum Gasteiger partial charge on any atom is -0.447 e. The van der Waals surface area contributed by atoms with Crippen LogP contribution in [-0.2, 0) is 26.4 Å². The Morgan fingerprint density at radius 2 is 1.58 bits per heavy atom. The summed E-state index contributed by atoms with van der Waals surface area (Å²) in [5.41, 5.74) is -6.85. The van der Waals surface area contributed by atoms with Crippen LogP contribution in [0.3, 0.4) is 0 Å². The maximum absolute atomic E-state index is 15.5. The second-order valence-corrected chi connectivity index (χ2v) is 16.4. The van der Waals surface area contributed by atoms with Crippen LogP contribution in [0, 0.1) is 5.41 Å². The lowest BCUT2D eigenvalue weighted by molar-refractivity contribution is -0.218. The Balaban J connectivity index is 1.38. The molecular weight excluding hydrogens is 917 g/mol. The maximum atomic E-state index is 15.5. The van der Waals surface area contributed by atoms with Crippen molar-refractivity contribution in [3.8, 4) is 22.5 Å². The van der Waals surface area contributed by atoms with E-state index in [4.69, 9.17) is 21.1 Å². The van der Waals surface area contributed by atoms with Crippen molar-refractivity contribution in [3.63, 3.8) is 0 Å². The van der Waals surface area contributed by atoms with Crippen molar-refractivity contribution in [3.05, 3.63) is 113 Å². The molecule has 1 saturated carbocycles. The summed E-state index contributed by atoms with van der Waals surface area (Å²) in [5, 5.41) is 11.4. The predicted molar refractivity (Wildman–Crippen MR) is 216 cm³/mol. The number of carbonyl (C=O) groups excluding carboxylic acids is 3. The number of hydrogen-bond acceptors (Lipinski definition) is 9. The van der Waals surface area contributed by atoms with Crippen LogP contribution < -0.4 is 10.6 Å². The number of aliphatic imine (C=N–C) groups is 1. The van der Waals surface area contributed by atoms with E-state index < -0.39 is 91.1 Å². The minimum atomic E-state index is -5.00. The van der Waals surface area contributed by atoms with Crippen LogP contribution in [0.5, 0.6) is 0 Å². The molecule has 1 aliphatic carbocycles. The molecule has 2 aromatic heterocycles. The second kappa shape index (κ2) is 18.3. The first kappa shape index (κ1) is 47.3. The van der Waals surface area contributed by atoms with Crippen molar-refractivity contribution in [2.75, 3.05) is 6.61 Å². The van der Waals surface area contributed by atoms with Crippen molar-refractivity contribution in [2.45, 2.75) is 82.5 Å². The van der Waals surface area contributed by atoms with Gasteiger partial charge in [-0.05, 0) is 53.6 Å². The fourth-order valence-corrected chi connectivity index (χ4v) is 7.44. The van der Waals surface area contributed by atoms with Gasteiger partial charge in [-0.25, -0.2) is 33.0 Å². The molecule has 66 heavy (non-hydrogen) atoms. The van der Waals surface area contributed by atoms with E-state index in [2.05, 4.69) is 30.8 Å². The highest BCUT2D eigenvalue weighted by Gasteiger charge is 2.60. The number of ether oxygens (including phenoxy) is 2. The van der Waals surface area contributed by atoms with Crippen LogP contribution in [0.1, 0.15) is 68.9 Å². The van der Waals surface area contributed by atoms with Gasteiger partial charge in [-0.1, -0.05) is 86.1 Å². The van der Waals surface area contributed by atoms with Gasteiger partial charge in [-0.3, -0.25) is 15.0 Å². The number of amides is 3. The van der Waals surface area contributed by atoms with Crippen molar-refractivity contribution >= 4 is 35.7 Å². The Hall–Kier alpha value is -6.65. The van der Waals surface area contributed by atoms with E-state index >= 15 is 4.79 Å². The van der Waals surface area contributed by atoms with Crippen LogP contribution in [0.25, 0.3) is 22.5 Å². The van der Waals surface area contributed by atoms with Crippen molar-refractivity contribution < 1.29 is 63.4 Å². The summed E-state index contributed by atoms with van der Waals surface area (Å²) in [4.78, 5) is 51.4. The smallest absolute Gasteiger partial charge is 0.414 e. The van der Waals surface area contributed by atoms with Gasteiger partial charge >= 0.3 is 31.5 Å². The molecule has 24 heteroatoms. The van der Waals surface area contributed by atoms with Gasteiger partial charge in [0, 0.05) is 17.3 Å². The molecule has 5 aromatic rings. The SMILES string of the molecule is CC(C)(C[C@]1(c2ccc(-c3cnn(C(F)F)c3)cc2)N=C(NC(=O)OCc2ccccc2)N([C@H](COC(=O)NC2(C(F)F)CC2)c2ccc(Cl)c(-c3ncnn3C(F)F)c2)C1=O)C(F)(F)F. The van der Waals surface area contributed by atoms with Gasteiger partial charge in [0.25, 0.3) is 12.3 Å². The Morgan fingerprint density at radius 3 is 2.18 bits per heavy atom. The van der Waals surface area contributed by atoms with E-state index in [9.17, 15) is 49.1 Å². The van der Waals surface area contributed by atoms with Gasteiger partial charge in [0.05, 0.1) is 22.7 Å². The first-order valence-electron chi connectivity index (χ1n) is 19.8. The first-order valence-corrected chi connectivity index (χ1v) is 20.1. The third-order valence-electron chi connectivity index (χ3n) is 11.1. The summed E-state index contributed by atoms with van der Waals surface area (Å²) in [6.07, 6.45) is -9.05. The maximum Gasteiger partial charge on any atom is 0.414 e. The molecule has 0 radical (unpaired) electrons. The molecule has 3 amide bonds. The number of aromatic nitrogens is 5. The monoisotopic (exact) mass is 953 g/mol. The molecule has 0 unspecified atom stereocenters. The number of rotatable bonds is 15. The highest BCUT2D eigenvalue weighted by molar-refractivity contribution is 6.33. The zero-order chi connectivity index (χ0) is 47.8. The van der Waals surface area contributed by atoms with Gasteiger partial charge in [0.1, 0.15) is 25.1 Å². The van der Waals surface area contributed by atoms with E-state index in [-0.39, 0.29) is 57.0 Å². The number of benzene rings is 3. The zero-order valence-electron chi connectivity index (χ0n) is 34.5. The van der Waals surface area contributed by atoms with Gasteiger partial charge in [-0.2, -0.15) is 45.6 Å².